The van der Waals surface area contributed by atoms with Gasteiger partial charge in [0.1, 0.15) is 12.0 Å². The minimum Gasteiger partial charge on any atom is -0.352 e. The molecule has 30 heavy (non-hydrogen) atoms. The van der Waals surface area contributed by atoms with Crippen molar-refractivity contribution in [3.05, 3.63) is 66.7 Å². The number of hydrogen-bond donors (Lipinski definition) is 2. The fraction of sp³-hybridized carbons (Fsp3) is 0. The third-order valence-electron chi connectivity index (χ3n) is 4.94. The molecule has 6 rings (SSSR count). The summed E-state index contributed by atoms with van der Waals surface area (Å²) in [5, 5.41) is 9.19. The van der Waals surface area contributed by atoms with Crippen molar-refractivity contribution in [2.24, 2.45) is 0 Å². The first kappa shape index (κ1) is 16.9. The van der Waals surface area contributed by atoms with Gasteiger partial charge in [0.2, 0.25) is 0 Å². The van der Waals surface area contributed by atoms with Crippen LogP contribution in [0.3, 0.4) is 0 Å². The summed E-state index contributed by atoms with van der Waals surface area (Å²) in [7, 11) is 0. The van der Waals surface area contributed by atoms with Gasteiger partial charge >= 0.3 is 0 Å². The number of H-pyrrole nitrogens is 2. The lowest BCUT2D eigenvalue weighted by molar-refractivity contribution is 0.657. The van der Waals surface area contributed by atoms with Crippen molar-refractivity contribution in [3.63, 3.8) is 0 Å². The lowest BCUT2D eigenvalue weighted by atomic mass is 10.1. The Hall–Kier alpha value is -3.98. The Morgan fingerprint density at radius 2 is 1.77 bits per heavy atom. The number of aromatic amines is 2. The Balaban J connectivity index is 1.52. The van der Waals surface area contributed by atoms with Crippen LogP contribution in [0.1, 0.15) is 0 Å². The van der Waals surface area contributed by atoms with Crippen LogP contribution < -0.4 is 0 Å². The van der Waals surface area contributed by atoms with E-state index in [-0.39, 0.29) is 5.13 Å². The lowest BCUT2D eigenvalue weighted by Gasteiger charge is -2.00. The van der Waals surface area contributed by atoms with Gasteiger partial charge in [-0.3, -0.25) is 15.1 Å². The zero-order valence-electron chi connectivity index (χ0n) is 15.3. The van der Waals surface area contributed by atoms with Gasteiger partial charge in [-0.05, 0) is 24.3 Å². The number of hydrogen-bond acceptors (Lipinski definition) is 6. The van der Waals surface area contributed by atoms with Crippen LogP contribution in [0.25, 0.3) is 54.9 Å². The van der Waals surface area contributed by atoms with E-state index in [1.165, 1.54) is 12.4 Å². The Labute approximate surface area is 172 Å². The summed E-state index contributed by atoms with van der Waals surface area (Å²) in [4.78, 5) is 21.1. The highest BCUT2D eigenvalue weighted by Gasteiger charge is 2.16. The van der Waals surface area contributed by atoms with E-state index in [2.05, 4.69) is 35.1 Å². The van der Waals surface area contributed by atoms with Gasteiger partial charge in [-0.2, -0.15) is 9.49 Å². The average Bonchev–Trinajstić information content (AvgIpc) is 3.51. The Morgan fingerprint density at radius 1 is 0.867 bits per heavy atom. The monoisotopic (exact) mass is 413 g/mol. The SMILES string of the molecule is Fc1ccc(-c2cncc3[nH]c(-c4n[nH]c5cnc(-c6cncnc6)cc45)cc23)s1. The van der Waals surface area contributed by atoms with Crippen LogP contribution >= 0.6 is 11.3 Å². The van der Waals surface area contributed by atoms with Gasteiger partial charge in [-0.25, -0.2) is 9.97 Å². The minimum absolute atomic E-state index is 0.221. The molecule has 0 aromatic carbocycles. The zero-order valence-corrected chi connectivity index (χ0v) is 16.1. The summed E-state index contributed by atoms with van der Waals surface area (Å²) in [5.74, 6) is 0. The van der Waals surface area contributed by atoms with Crippen LogP contribution in [-0.4, -0.2) is 35.1 Å². The third kappa shape index (κ3) is 2.67. The van der Waals surface area contributed by atoms with Crippen LogP contribution in [-0.2, 0) is 0 Å². The number of nitrogens with one attached hydrogen (secondary N) is 2. The van der Waals surface area contributed by atoms with E-state index in [0.29, 0.717) is 0 Å². The molecule has 9 heteroatoms. The molecule has 0 atom stereocenters. The van der Waals surface area contributed by atoms with E-state index < -0.39 is 0 Å². The number of nitrogens with zero attached hydrogens (tertiary/aromatic N) is 5. The Kier molecular flexibility index (Phi) is 3.68. The topological polar surface area (TPSA) is 96.0 Å². The summed E-state index contributed by atoms with van der Waals surface area (Å²) >= 11 is 1.10. The van der Waals surface area contributed by atoms with Crippen LogP contribution in [0.15, 0.2) is 61.6 Å². The molecule has 6 aromatic rings. The second-order valence-electron chi connectivity index (χ2n) is 6.75. The molecule has 7 nitrogen and oxygen atoms in total. The molecule has 0 amide bonds. The van der Waals surface area contributed by atoms with Gasteiger partial charge in [0.25, 0.3) is 0 Å². The van der Waals surface area contributed by atoms with Gasteiger partial charge in [0.05, 0.1) is 34.8 Å². The number of aromatic nitrogens is 7. The summed E-state index contributed by atoms with van der Waals surface area (Å²) in [6.45, 7) is 0. The summed E-state index contributed by atoms with van der Waals surface area (Å²) in [5.41, 5.74) is 5.76. The van der Waals surface area contributed by atoms with Crippen LogP contribution in [0.5, 0.6) is 0 Å². The Bertz CT molecular complexity index is 1520. The molecular formula is C21H12FN7S. The molecule has 0 aliphatic heterocycles. The molecule has 0 aliphatic rings. The fourth-order valence-electron chi connectivity index (χ4n) is 3.55. The number of fused-ring (bicyclic) bond motifs is 2. The summed E-state index contributed by atoms with van der Waals surface area (Å²) in [6.07, 6.45) is 10.2. The first-order valence-electron chi connectivity index (χ1n) is 9.08. The fourth-order valence-corrected chi connectivity index (χ4v) is 4.30. The molecular weight excluding hydrogens is 401 g/mol. The third-order valence-corrected chi connectivity index (χ3v) is 5.85. The quantitative estimate of drug-likeness (QED) is 0.433. The van der Waals surface area contributed by atoms with Crippen molar-refractivity contribution in [2.75, 3.05) is 0 Å². The average molecular weight is 413 g/mol. The normalized spacial score (nSPS) is 11.5. The number of pyridine rings is 2. The zero-order chi connectivity index (χ0) is 20.1. The van der Waals surface area contributed by atoms with Gasteiger partial charge in [0, 0.05) is 45.4 Å². The van der Waals surface area contributed by atoms with Crippen molar-refractivity contribution >= 4 is 33.1 Å². The standard InChI is InChI=1S/C21H12FN7S/c22-20-2-1-19(30-20)14-7-23-8-17-12(14)3-16(27-17)21-13-4-15(11-5-24-10-25-6-11)26-9-18(13)28-29-21/h1-10,27H,(H,28,29). The number of thiophene rings is 1. The molecule has 0 saturated carbocycles. The molecule has 0 spiro atoms. The van der Waals surface area contributed by atoms with Gasteiger partial charge in [0.15, 0.2) is 5.13 Å². The molecule has 6 heterocycles. The summed E-state index contributed by atoms with van der Waals surface area (Å²) < 4.78 is 13.6. The maximum Gasteiger partial charge on any atom is 0.176 e. The van der Waals surface area contributed by atoms with Gasteiger partial charge in [-0.15, -0.1) is 11.3 Å². The Morgan fingerprint density at radius 3 is 2.60 bits per heavy atom. The van der Waals surface area contributed by atoms with Crippen molar-refractivity contribution in [1.82, 2.24) is 35.1 Å². The lowest BCUT2D eigenvalue weighted by Crippen LogP contribution is -1.86. The largest absolute Gasteiger partial charge is 0.352 e. The van der Waals surface area contributed by atoms with Crippen molar-refractivity contribution in [1.29, 1.82) is 0 Å². The molecule has 0 aliphatic carbocycles. The smallest absolute Gasteiger partial charge is 0.176 e. The first-order valence-corrected chi connectivity index (χ1v) is 9.90. The predicted octanol–water partition coefficient (Wildman–Crippen LogP) is 4.83. The van der Waals surface area contributed by atoms with Crippen molar-refractivity contribution in [2.45, 2.75) is 0 Å². The van der Waals surface area contributed by atoms with E-state index in [1.807, 2.05) is 12.1 Å². The maximum absolute atomic E-state index is 13.6. The molecule has 0 unspecified atom stereocenters. The molecule has 2 N–H and O–H groups in total. The van der Waals surface area contributed by atoms with Crippen molar-refractivity contribution < 1.29 is 4.39 Å². The van der Waals surface area contributed by atoms with Gasteiger partial charge in [-0.1, -0.05) is 0 Å². The van der Waals surface area contributed by atoms with Gasteiger partial charge < -0.3 is 4.98 Å². The highest BCUT2D eigenvalue weighted by Crippen LogP contribution is 2.36. The highest BCUT2D eigenvalue weighted by molar-refractivity contribution is 7.14. The van der Waals surface area contributed by atoms with Crippen LogP contribution in [0.2, 0.25) is 0 Å². The highest BCUT2D eigenvalue weighted by atomic mass is 32.1. The second kappa shape index (κ2) is 6.53. The van der Waals surface area contributed by atoms with E-state index in [1.54, 1.807) is 37.1 Å². The molecule has 144 valence electrons. The van der Waals surface area contributed by atoms with Crippen molar-refractivity contribution in [3.8, 4) is 33.1 Å². The number of halogens is 1. The van der Waals surface area contributed by atoms with Crippen LogP contribution in [0, 0.1) is 5.13 Å². The molecule has 0 radical (unpaired) electrons. The van der Waals surface area contributed by atoms with E-state index >= 15 is 0 Å². The summed E-state index contributed by atoms with van der Waals surface area (Å²) in [6, 6.07) is 7.22. The molecule has 0 saturated heterocycles. The molecule has 0 bridgehead atoms. The minimum atomic E-state index is -0.221. The predicted molar refractivity (Wildman–Crippen MR) is 113 cm³/mol. The van der Waals surface area contributed by atoms with E-state index in [4.69, 9.17) is 0 Å². The first-order chi connectivity index (χ1) is 14.8. The van der Waals surface area contributed by atoms with E-state index in [9.17, 15) is 4.39 Å². The van der Waals surface area contributed by atoms with Crippen LogP contribution in [0.4, 0.5) is 4.39 Å². The second-order valence-corrected chi connectivity index (χ2v) is 7.78. The maximum atomic E-state index is 13.6. The molecule has 0 fully saturated rings. The molecule has 6 aromatic heterocycles. The van der Waals surface area contributed by atoms with E-state index in [0.717, 1.165) is 66.2 Å². The number of rotatable bonds is 3.